The molecule has 1 aliphatic heterocycles. The summed E-state index contributed by atoms with van der Waals surface area (Å²) in [6.07, 6.45) is 0.420. The number of carbonyl (C=O) groups is 1. The average molecular weight is 300 g/mol. The predicted molar refractivity (Wildman–Crippen MR) is 65.8 cm³/mol. The Labute approximate surface area is 106 Å². The molecule has 1 amide bonds. The zero-order chi connectivity index (χ0) is 12.4. The highest BCUT2D eigenvalue weighted by atomic mass is 79.9. The quantitative estimate of drug-likeness (QED) is 0.657. The van der Waals surface area contributed by atoms with Crippen LogP contribution < -0.4 is 10.6 Å². The molecule has 7 heteroatoms. The van der Waals surface area contributed by atoms with Crippen molar-refractivity contribution in [2.45, 2.75) is 12.5 Å². The Kier molecular flexibility index (Phi) is 3.28. The van der Waals surface area contributed by atoms with Crippen molar-refractivity contribution in [3.63, 3.8) is 0 Å². The Morgan fingerprint density at radius 1 is 1.53 bits per heavy atom. The highest BCUT2D eigenvalue weighted by Gasteiger charge is 2.22. The van der Waals surface area contributed by atoms with Crippen molar-refractivity contribution < 1.29 is 9.72 Å². The maximum Gasteiger partial charge on any atom is 0.270 e. The summed E-state index contributed by atoms with van der Waals surface area (Å²) in [7, 11) is 0. The fourth-order valence-electron chi connectivity index (χ4n) is 1.66. The molecule has 1 atom stereocenters. The molecule has 1 aliphatic rings. The third-order valence-corrected chi connectivity index (χ3v) is 3.16. The molecule has 0 bridgehead atoms. The molecule has 1 aromatic rings. The first-order valence-corrected chi connectivity index (χ1v) is 5.83. The Hall–Kier alpha value is -1.63. The Morgan fingerprint density at radius 2 is 2.29 bits per heavy atom. The third kappa shape index (κ3) is 2.73. The highest BCUT2D eigenvalue weighted by Crippen LogP contribution is 2.28. The number of hydrogen-bond donors (Lipinski definition) is 2. The number of nitrogens with one attached hydrogen (secondary N) is 2. The van der Waals surface area contributed by atoms with Crippen molar-refractivity contribution in [1.29, 1.82) is 0 Å². The fraction of sp³-hybridized carbons (Fsp3) is 0.300. The zero-order valence-electron chi connectivity index (χ0n) is 8.77. The monoisotopic (exact) mass is 299 g/mol. The van der Waals surface area contributed by atoms with Crippen LogP contribution in [0.5, 0.6) is 0 Å². The van der Waals surface area contributed by atoms with Gasteiger partial charge >= 0.3 is 0 Å². The van der Waals surface area contributed by atoms with Crippen LogP contribution in [0, 0.1) is 10.1 Å². The van der Waals surface area contributed by atoms with Crippen LogP contribution in [0.15, 0.2) is 22.7 Å². The van der Waals surface area contributed by atoms with Crippen molar-refractivity contribution >= 4 is 33.2 Å². The second kappa shape index (κ2) is 4.70. The van der Waals surface area contributed by atoms with Gasteiger partial charge in [0.15, 0.2) is 0 Å². The number of benzene rings is 1. The summed E-state index contributed by atoms with van der Waals surface area (Å²) in [5.41, 5.74) is 0.778. The number of nitrogens with zero attached hydrogens (tertiary/aromatic N) is 1. The minimum Gasteiger partial charge on any atom is -0.379 e. The molecule has 1 heterocycles. The smallest absolute Gasteiger partial charge is 0.270 e. The molecule has 6 nitrogen and oxygen atoms in total. The molecule has 0 aliphatic carbocycles. The van der Waals surface area contributed by atoms with Crippen molar-refractivity contribution in [2.24, 2.45) is 0 Å². The number of rotatable bonds is 3. The number of hydrogen-bond acceptors (Lipinski definition) is 4. The number of amides is 1. The largest absolute Gasteiger partial charge is 0.379 e. The van der Waals surface area contributed by atoms with E-state index in [2.05, 4.69) is 26.6 Å². The fourth-order valence-corrected chi connectivity index (χ4v) is 2.14. The van der Waals surface area contributed by atoms with E-state index in [4.69, 9.17) is 0 Å². The van der Waals surface area contributed by atoms with Crippen molar-refractivity contribution in [3.05, 3.63) is 32.8 Å². The van der Waals surface area contributed by atoms with Gasteiger partial charge in [-0.15, -0.1) is 0 Å². The lowest BCUT2D eigenvalue weighted by Gasteiger charge is -2.13. The zero-order valence-corrected chi connectivity index (χ0v) is 10.4. The average Bonchev–Trinajstić information content (AvgIpc) is 2.67. The van der Waals surface area contributed by atoms with Gasteiger partial charge in [-0.05, 0) is 22.0 Å². The Balaban J connectivity index is 2.11. The minimum absolute atomic E-state index is 0.0144. The lowest BCUT2D eigenvalue weighted by Crippen LogP contribution is -2.22. The second-order valence-corrected chi connectivity index (χ2v) is 4.63. The molecule has 2 N–H and O–H groups in total. The summed E-state index contributed by atoms with van der Waals surface area (Å²) in [6, 6.07) is 4.52. The Morgan fingerprint density at radius 3 is 2.82 bits per heavy atom. The minimum atomic E-state index is -0.449. The van der Waals surface area contributed by atoms with Crippen molar-refractivity contribution in [1.82, 2.24) is 5.32 Å². The summed E-state index contributed by atoms with van der Waals surface area (Å²) in [5.74, 6) is 0.0144. The lowest BCUT2D eigenvalue weighted by atomic mass is 10.2. The summed E-state index contributed by atoms with van der Waals surface area (Å²) in [6.45, 7) is 0.572. The Bertz CT molecular complexity index is 478. The van der Waals surface area contributed by atoms with E-state index >= 15 is 0 Å². The van der Waals surface area contributed by atoms with Crippen molar-refractivity contribution in [3.8, 4) is 0 Å². The van der Waals surface area contributed by atoms with Gasteiger partial charge in [0, 0.05) is 35.3 Å². The molecule has 17 heavy (non-hydrogen) atoms. The van der Waals surface area contributed by atoms with E-state index in [1.54, 1.807) is 6.07 Å². The van der Waals surface area contributed by atoms with Crippen LogP contribution in [0.3, 0.4) is 0 Å². The predicted octanol–water partition coefficient (Wildman–Crippen LogP) is 1.66. The van der Waals surface area contributed by atoms with E-state index in [0.29, 0.717) is 17.4 Å². The first-order chi connectivity index (χ1) is 8.06. The van der Waals surface area contributed by atoms with Crippen LogP contribution in [0.25, 0.3) is 0 Å². The first kappa shape index (κ1) is 11.8. The van der Waals surface area contributed by atoms with E-state index in [0.717, 1.165) is 5.69 Å². The number of anilines is 1. The van der Waals surface area contributed by atoms with Gasteiger partial charge in [-0.25, -0.2) is 0 Å². The summed E-state index contributed by atoms with van der Waals surface area (Å²) in [5, 5.41) is 16.4. The summed E-state index contributed by atoms with van der Waals surface area (Å²) in [4.78, 5) is 21.1. The number of nitro groups is 1. The van der Waals surface area contributed by atoms with Gasteiger partial charge in [0.25, 0.3) is 5.69 Å². The van der Waals surface area contributed by atoms with Gasteiger partial charge in [0.2, 0.25) is 5.91 Å². The van der Waals surface area contributed by atoms with Crippen LogP contribution in [0.1, 0.15) is 6.42 Å². The molecule has 1 aromatic carbocycles. The summed E-state index contributed by atoms with van der Waals surface area (Å²) >= 11 is 3.27. The van der Waals surface area contributed by atoms with Crippen molar-refractivity contribution in [2.75, 3.05) is 11.9 Å². The van der Waals surface area contributed by atoms with Crippen LogP contribution in [-0.4, -0.2) is 23.4 Å². The topological polar surface area (TPSA) is 84.3 Å². The third-order valence-electron chi connectivity index (χ3n) is 2.50. The van der Waals surface area contributed by atoms with E-state index in [1.807, 2.05) is 0 Å². The molecule has 0 spiro atoms. The van der Waals surface area contributed by atoms with Gasteiger partial charge in [-0.1, -0.05) is 0 Å². The first-order valence-electron chi connectivity index (χ1n) is 5.03. The van der Waals surface area contributed by atoms with Crippen LogP contribution in [0.2, 0.25) is 0 Å². The van der Waals surface area contributed by atoms with E-state index in [1.165, 1.54) is 12.1 Å². The maximum atomic E-state index is 11.0. The second-order valence-electron chi connectivity index (χ2n) is 3.77. The van der Waals surface area contributed by atoms with Crippen LogP contribution in [0.4, 0.5) is 11.4 Å². The van der Waals surface area contributed by atoms with Crippen LogP contribution >= 0.6 is 15.9 Å². The molecule has 1 unspecified atom stereocenters. The highest BCUT2D eigenvalue weighted by molar-refractivity contribution is 9.10. The SMILES string of the molecule is O=C1CC(Nc2ccc([N+](=O)[O-])cc2Br)CN1. The number of nitro benzene ring substituents is 1. The standard InChI is InChI=1S/C10H10BrN3O3/c11-8-4-7(14(16)17)1-2-9(8)13-6-3-10(15)12-5-6/h1-2,4,6,13H,3,5H2,(H,12,15). The molecular weight excluding hydrogens is 290 g/mol. The molecule has 90 valence electrons. The van der Waals surface area contributed by atoms with Gasteiger partial charge in [0.05, 0.1) is 11.0 Å². The number of carbonyl (C=O) groups excluding carboxylic acids is 1. The molecule has 1 saturated heterocycles. The van der Waals surface area contributed by atoms with Gasteiger partial charge in [0.1, 0.15) is 0 Å². The molecule has 0 aromatic heterocycles. The molecular formula is C10H10BrN3O3. The molecule has 2 rings (SSSR count). The van der Waals surface area contributed by atoms with Gasteiger partial charge < -0.3 is 10.6 Å². The molecule has 0 saturated carbocycles. The molecule has 0 radical (unpaired) electrons. The van der Waals surface area contributed by atoms with E-state index < -0.39 is 4.92 Å². The number of non-ortho nitro benzene ring substituents is 1. The van der Waals surface area contributed by atoms with E-state index in [-0.39, 0.29) is 17.6 Å². The summed E-state index contributed by atoms with van der Waals surface area (Å²) < 4.78 is 0.617. The lowest BCUT2D eigenvalue weighted by molar-refractivity contribution is -0.384. The maximum absolute atomic E-state index is 11.0. The van der Waals surface area contributed by atoms with E-state index in [9.17, 15) is 14.9 Å². The van der Waals surface area contributed by atoms with Gasteiger partial charge in [-0.3, -0.25) is 14.9 Å². The molecule has 1 fully saturated rings. The van der Waals surface area contributed by atoms with Crippen LogP contribution in [-0.2, 0) is 4.79 Å². The van der Waals surface area contributed by atoms with Gasteiger partial charge in [-0.2, -0.15) is 0 Å². The normalized spacial score (nSPS) is 18.9. The number of halogens is 1.